The van der Waals surface area contributed by atoms with E-state index in [-0.39, 0.29) is 5.56 Å². The van der Waals surface area contributed by atoms with Gasteiger partial charge in [-0.1, -0.05) is 18.2 Å². The maximum atomic E-state index is 12.8. The van der Waals surface area contributed by atoms with Gasteiger partial charge in [-0.2, -0.15) is 0 Å². The van der Waals surface area contributed by atoms with Gasteiger partial charge in [-0.25, -0.2) is 4.98 Å². The summed E-state index contributed by atoms with van der Waals surface area (Å²) >= 11 is 1.63. The second kappa shape index (κ2) is 6.37. The molecule has 1 aliphatic heterocycles. The van der Waals surface area contributed by atoms with E-state index in [4.69, 9.17) is 0 Å². The minimum absolute atomic E-state index is 0.0664. The highest BCUT2D eigenvalue weighted by Crippen LogP contribution is 2.29. The van der Waals surface area contributed by atoms with Crippen molar-refractivity contribution >= 4 is 21.6 Å². The SMILES string of the molecule is O=c1c2c3c(sc2ncn1CCCc1ccccc1O)CNCC3. The third-order valence-electron chi connectivity index (χ3n) is 4.54. The smallest absolute Gasteiger partial charge is 0.262 e. The van der Waals surface area contributed by atoms with Gasteiger partial charge in [0.15, 0.2) is 0 Å². The molecule has 0 amide bonds. The largest absolute Gasteiger partial charge is 0.508 e. The number of aryl methyl sites for hydroxylation is 2. The zero-order chi connectivity index (χ0) is 16.5. The maximum Gasteiger partial charge on any atom is 0.262 e. The average molecular weight is 341 g/mol. The van der Waals surface area contributed by atoms with Crippen molar-refractivity contribution in [3.05, 3.63) is 57.0 Å². The lowest BCUT2D eigenvalue weighted by molar-refractivity contribution is 0.465. The molecule has 4 rings (SSSR count). The molecule has 2 aromatic heterocycles. The first-order valence-corrected chi connectivity index (χ1v) is 9.03. The number of hydrogen-bond donors (Lipinski definition) is 2. The van der Waals surface area contributed by atoms with Crippen LogP contribution in [0.25, 0.3) is 10.2 Å². The summed E-state index contributed by atoms with van der Waals surface area (Å²) in [6.45, 7) is 2.36. The lowest BCUT2D eigenvalue weighted by atomic mass is 10.1. The van der Waals surface area contributed by atoms with Crippen molar-refractivity contribution in [2.24, 2.45) is 0 Å². The van der Waals surface area contributed by atoms with Gasteiger partial charge in [0.05, 0.1) is 11.7 Å². The molecule has 3 aromatic rings. The van der Waals surface area contributed by atoms with Crippen LogP contribution < -0.4 is 10.9 Å². The third-order valence-corrected chi connectivity index (χ3v) is 5.68. The molecule has 3 heterocycles. The quantitative estimate of drug-likeness (QED) is 0.765. The highest BCUT2D eigenvalue weighted by atomic mass is 32.1. The number of para-hydroxylation sites is 1. The fourth-order valence-electron chi connectivity index (χ4n) is 3.27. The minimum atomic E-state index is 0.0664. The van der Waals surface area contributed by atoms with Crippen molar-refractivity contribution in [1.82, 2.24) is 14.9 Å². The molecule has 0 fully saturated rings. The molecule has 1 aliphatic rings. The minimum Gasteiger partial charge on any atom is -0.508 e. The van der Waals surface area contributed by atoms with Crippen molar-refractivity contribution in [3.63, 3.8) is 0 Å². The van der Waals surface area contributed by atoms with E-state index in [1.165, 1.54) is 10.4 Å². The van der Waals surface area contributed by atoms with Crippen LogP contribution in [0.2, 0.25) is 0 Å². The van der Waals surface area contributed by atoms with Crippen LogP contribution in [0, 0.1) is 0 Å². The molecule has 0 saturated heterocycles. The number of nitrogens with zero attached hydrogens (tertiary/aromatic N) is 2. The molecule has 5 nitrogen and oxygen atoms in total. The molecule has 6 heteroatoms. The number of aromatic hydroxyl groups is 1. The summed E-state index contributed by atoms with van der Waals surface area (Å²) in [6, 6.07) is 7.35. The maximum absolute atomic E-state index is 12.8. The number of nitrogens with one attached hydrogen (secondary N) is 1. The molecule has 1 aromatic carbocycles. The summed E-state index contributed by atoms with van der Waals surface area (Å²) in [5.74, 6) is 0.317. The van der Waals surface area contributed by atoms with E-state index < -0.39 is 0 Å². The van der Waals surface area contributed by atoms with Gasteiger partial charge >= 0.3 is 0 Å². The molecule has 0 unspecified atom stereocenters. The highest BCUT2D eigenvalue weighted by Gasteiger charge is 2.19. The average Bonchev–Trinajstić information content (AvgIpc) is 2.98. The molecular formula is C18H19N3O2S. The fraction of sp³-hybridized carbons (Fsp3) is 0.333. The summed E-state index contributed by atoms with van der Waals surface area (Å²) in [5, 5.41) is 14.0. The zero-order valence-electron chi connectivity index (χ0n) is 13.3. The molecule has 0 saturated carbocycles. The van der Waals surface area contributed by atoms with Crippen LogP contribution >= 0.6 is 11.3 Å². The first-order chi connectivity index (χ1) is 11.7. The molecule has 0 radical (unpaired) electrons. The predicted molar refractivity (Wildman–Crippen MR) is 95.7 cm³/mol. The lowest BCUT2D eigenvalue weighted by Gasteiger charge is -2.12. The summed E-state index contributed by atoms with van der Waals surface area (Å²) in [5.41, 5.74) is 2.16. The molecule has 0 bridgehead atoms. The summed E-state index contributed by atoms with van der Waals surface area (Å²) < 4.78 is 1.71. The van der Waals surface area contributed by atoms with Gasteiger partial charge in [0.2, 0.25) is 0 Å². The monoisotopic (exact) mass is 341 g/mol. The summed E-state index contributed by atoms with van der Waals surface area (Å²) in [6.07, 6.45) is 4.08. The van der Waals surface area contributed by atoms with Gasteiger partial charge in [0, 0.05) is 18.0 Å². The topological polar surface area (TPSA) is 67.2 Å². The van der Waals surface area contributed by atoms with E-state index in [0.717, 1.165) is 48.1 Å². The van der Waals surface area contributed by atoms with Gasteiger partial charge in [-0.15, -0.1) is 11.3 Å². The second-order valence-corrected chi connectivity index (χ2v) is 7.17. The van der Waals surface area contributed by atoms with E-state index in [1.54, 1.807) is 28.3 Å². The summed E-state index contributed by atoms with van der Waals surface area (Å²) in [7, 11) is 0. The van der Waals surface area contributed by atoms with Gasteiger partial charge < -0.3 is 10.4 Å². The Balaban J connectivity index is 1.57. The van der Waals surface area contributed by atoms with Crippen molar-refractivity contribution in [2.75, 3.05) is 6.54 Å². The van der Waals surface area contributed by atoms with Gasteiger partial charge in [0.1, 0.15) is 10.6 Å². The Morgan fingerprint density at radius 3 is 3.08 bits per heavy atom. The van der Waals surface area contributed by atoms with Crippen molar-refractivity contribution in [3.8, 4) is 5.75 Å². The second-order valence-electron chi connectivity index (χ2n) is 6.09. The number of benzene rings is 1. The van der Waals surface area contributed by atoms with Gasteiger partial charge in [-0.05, 0) is 43.0 Å². The highest BCUT2D eigenvalue weighted by molar-refractivity contribution is 7.18. The Morgan fingerprint density at radius 2 is 2.21 bits per heavy atom. The molecular weight excluding hydrogens is 322 g/mol. The van der Waals surface area contributed by atoms with E-state index in [9.17, 15) is 9.90 Å². The zero-order valence-corrected chi connectivity index (χ0v) is 14.1. The first kappa shape index (κ1) is 15.4. The van der Waals surface area contributed by atoms with E-state index >= 15 is 0 Å². The molecule has 124 valence electrons. The van der Waals surface area contributed by atoms with Crippen LogP contribution in [-0.4, -0.2) is 21.2 Å². The fourth-order valence-corrected chi connectivity index (χ4v) is 4.42. The normalized spacial score (nSPS) is 14.0. The molecule has 0 atom stereocenters. The Kier molecular flexibility index (Phi) is 4.08. The van der Waals surface area contributed by atoms with Crippen LogP contribution in [0.4, 0.5) is 0 Å². The van der Waals surface area contributed by atoms with Crippen molar-refractivity contribution < 1.29 is 5.11 Å². The van der Waals surface area contributed by atoms with E-state index in [2.05, 4.69) is 10.3 Å². The number of rotatable bonds is 4. The lowest BCUT2D eigenvalue weighted by Crippen LogP contribution is -2.25. The predicted octanol–water partition coefficient (Wildman–Crippen LogP) is 2.44. The van der Waals surface area contributed by atoms with Crippen LogP contribution in [0.15, 0.2) is 35.4 Å². The molecule has 24 heavy (non-hydrogen) atoms. The van der Waals surface area contributed by atoms with Crippen LogP contribution in [-0.2, 0) is 25.9 Å². The number of hydrogen-bond acceptors (Lipinski definition) is 5. The van der Waals surface area contributed by atoms with Crippen LogP contribution in [0.3, 0.4) is 0 Å². The number of fused-ring (bicyclic) bond motifs is 3. The van der Waals surface area contributed by atoms with E-state index in [1.807, 2.05) is 18.2 Å². The first-order valence-electron chi connectivity index (χ1n) is 8.21. The Morgan fingerprint density at radius 1 is 1.33 bits per heavy atom. The number of phenols is 1. The van der Waals surface area contributed by atoms with Crippen LogP contribution in [0.1, 0.15) is 22.4 Å². The van der Waals surface area contributed by atoms with Gasteiger partial charge in [-0.3, -0.25) is 9.36 Å². The molecule has 0 spiro atoms. The van der Waals surface area contributed by atoms with Crippen molar-refractivity contribution in [1.29, 1.82) is 0 Å². The third kappa shape index (κ3) is 2.72. The number of aromatic nitrogens is 2. The van der Waals surface area contributed by atoms with Crippen LogP contribution in [0.5, 0.6) is 5.75 Å². The number of phenolic OH excluding ortho intramolecular Hbond substituents is 1. The molecule has 0 aliphatic carbocycles. The van der Waals surface area contributed by atoms with E-state index in [0.29, 0.717) is 12.3 Å². The molecule has 2 N–H and O–H groups in total. The number of thiophene rings is 1. The van der Waals surface area contributed by atoms with Crippen molar-refractivity contribution in [2.45, 2.75) is 32.4 Å². The Hall–Kier alpha value is -2.18. The Bertz CT molecular complexity index is 945. The summed E-state index contributed by atoms with van der Waals surface area (Å²) in [4.78, 5) is 19.4. The Labute approximate surface area is 143 Å². The standard InChI is InChI=1S/C18H19N3O2S/c22-14-6-2-1-4-12(14)5-3-9-21-11-20-17-16(18(21)23)13-7-8-19-10-15(13)24-17/h1-2,4,6,11,19,22H,3,5,7-10H2. The van der Waals surface area contributed by atoms with Gasteiger partial charge in [0.25, 0.3) is 5.56 Å².